The summed E-state index contributed by atoms with van der Waals surface area (Å²) in [5.41, 5.74) is 0. The molecular weight excluding hydrogens is 124 g/mol. The Kier molecular flexibility index (Phi) is 2.25. The molecule has 0 saturated carbocycles. The summed E-state index contributed by atoms with van der Waals surface area (Å²) < 4.78 is 0. The monoisotopic (exact) mass is 138 g/mol. The predicted octanol–water partition coefficient (Wildman–Crippen LogP) is 2.18. The van der Waals surface area contributed by atoms with Crippen molar-refractivity contribution in [2.45, 2.75) is 26.7 Å². The third-order valence-electron chi connectivity index (χ3n) is 2.06. The second kappa shape index (κ2) is 3.00. The molecule has 10 heavy (non-hydrogen) atoms. The van der Waals surface area contributed by atoms with Crippen LogP contribution in [0.1, 0.15) is 26.7 Å². The molecule has 1 rings (SSSR count). The number of hydrogen-bond acceptors (Lipinski definition) is 1. The fourth-order valence-corrected chi connectivity index (χ4v) is 1.40. The second-order valence-electron chi connectivity index (χ2n) is 3.28. The van der Waals surface area contributed by atoms with Crippen molar-refractivity contribution in [3.8, 4) is 0 Å². The average Bonchev–Trinajstić information content (AvgIpc) is 1.96. The van der Waals surface area contributed by atoms with Crippen molar-refractivity contribution >= 4 is 5.78 Å². The lowest BCUT2D eigenvalue weighted by atomic mass is 9.95. The molecule has 0 bridgehead atoms. The van der Waals surface area contributed by atoms with Gasteiger partial charge in [-0.1, -0.05) is 19.9 Å². The zero-order chi connectivity index (χ0) is 7.56. The SMILES string of the molecule is CC1CC=CC(=O)C(C)C1. The third-order valence-corrected chi connectivity index (χ3v) is 2.06. The fraction of sp³-hybridized carbons (Fsp3) is 0.667. The van der Waals surface area contributed by atoms with Crippen LogP contribution < -0.4 is 0 Å². The number of rotatable bonds is 0. The lowest BCUT2D eigenvalue weighted by Gasteiger charge is -2.09. The van der Waals surface area contributed by atoms with Crippen molar-refractivity contribution in [3.05, 3.63) is 12.2 Å². The molecule has 2 unspecified atom stereocenters. The summed E-state index contributed by atoms with van der Waals surface area (Å²) in [5.74, 6) is 1.22. The van der Waals surface area contributed by atoms with Crippen molar-refractivity contribution < 1.29 is 4.79 Å². The van der Waals surface area contributed by atoms with Gasteiger partial charge in [-0.2, -0.15) is 0 Å². The van der Waals surface area contributed by atoms with Crippen molar-refractivity contribution in [2.24, 2.45) is 11.8 Å². The largest absolute Gasteiger partial charge is 0.295 e. The number of allylic oxidation sites excluding steroid dienone is 2. The zero-order valence-electron chi connectivity index (χ0n) is 6.63. The first kappa shape index (κ1) is 7.52. The molecule has 0 aliphatic heterocycles. The van der Waals surface area contributed by atoms with E-state index in [0.29, 0.717) is 11.7 Å². The van der Waals surface area contributed by atoms with Crippen LogP contribution in [0.2, 0.25) is 0 Å². The summed E-state index contributed by atoms with van der Waals surface area (Å²) >= 11 is 0. The van der Waals surface area contributed by atoms with Crippen molar-refractivity contribution in [1.29, 1.82) is 0 Å². The highest BCUT2D eigenvalue weighted by molar-refractivity contribution is 5.91. The lowest BCUT2D eigenvalue weighted by Crippen LogP contribution is -2.08. The van der Waals surface area contributed by atoms with Crippen molar-refractivity contribution in [3.63, 3.8) is 0 Å². The molecule has 0 radical (unpaired) electrons. The summed E-state index contributed by atoms with van der Waals surface area (Å²) in [6, 6.07) is 0. The predicted molar refractivity (Wildman–Crippen MR) is 41.7 cm³/mol. The smallest absolute Gasteiger partial charge is 0.158 e. The average molecular weight is 138 g/mol. The van der Waals surface area contributed by atoms with E-state index in [1.807, 2.05) is 13.0 Å². The summed E-state index contributed by atoms with van der Waals surface area (Å²) in [6.45, 7) is 4.20. The molecule has 0 aromatic heterocycles. The molecule has 1 aliphatic rings. The molecule has 1 heteroatoms. The van der Waals surface area contributed by atoms with E-state index >= 15 is 0 Å². The molecule has 56 valence electrons. The molecule has 1 nitrogen and oxygen atoms in total. The van der Waals surface area contributed by atoms with Crippen LogP contribution in [0.3, 0.4) is 0 Å². The molecule has 0 N–H and O–H groups in total. The quantitative estimate of drug-likeness (QED) is 0.501. The van der Waals surface area contributed by atoms with Gasteiger partial charge in [0, 0.05) is 5.92 Å². The van der Waals surface area contributed by atoms with Crippen LogP contribution in [0.15, 0.2) is 12.2 Å². The Bertz CT molecular complexity index is 158. The van der Waals surface area contributed by atoms with Gasteiger partial charge in [-0.3, -0.25) is 4.79 Å². The highest BCUT2D eigenvalue weighted by Crippen LogP contribution is 2.19. The first-order valence-corrected chi connectivity index (χ1v) is 3.90. The van der Waals surface area contributed by atoms with Crippen LogP contribution in [-0.4, -0.2) is 5.78 Å². The Morgan fingerprint density at radius 1 is 1.50 bits per heavy atom. The summed E-state index contributed by atoms with van der Waals surface area (Å²) in [5, 5.41) is 0. The van der Waals surface area contributed by atoms with Gasteiger partial charge in [0.1, 0.15) is 0 Å². The van der Waals surface area contributed by atoms with E-state index < -0.39 is 0 Å². The van der Waals surface area contributed by atoms with E-state index in [4.69, 9.17) is 0 Å². The van der Waals surface area contributed by atoms with Gasteiger partial charge in [-0.05, 0) is 24.8 Å². The fourth-order valence-electron chi connectivity index (χ4n) is 1.40. The maximum absolute atomic E-state index is 11.1. The van der Waals surface area contributed by atoms with Gasteiger partial charge in [0.2, 0.25) is 0 Å². The Labute approximate surface area is 62.1 Å². The number of carbonyl (C=O) groups is 1. The molecule has 0 aromatic carbocycles. The number of hydrogen-bond donors (Lipinski definition) is 0. The normalized spacial score (nSPS) is 34.0. The van der Waals surface area contributed by atoms with Crippen LogP contribution in [0.5, 0.6) is 0 Å². The number of ketones is 1. The minimum atomic E-state index is 0.244. The molecule has 1 aliphatic carbocycles. The van der Waals surface area contributed by atoms with Gasteiger partial charge >= 0.3 is 0 Å². The van der Waals surface area contributed by atoms with Crippen LogP contribution in [0, 0.1) is 11.8 Å². The molecule has 2 atom stereocenters. The minimum Gasteiger partial charge on any atom is -0.295 e. The van der Waals surface area contributed by atoms with Gasteiger partial charge in [0.25, 0.3) is 0 Å². The Morgan fingerprint density at radius 2 is 2.20 bits per heavy atom. The third kappa shape index (κ3) is 1.69. The molecule has 0 fully saturated rings. The van der Waals surface area contributed by atoms with Crippen molar-refractivity contribution in [2.75, 3.05) is 0 Å². The van der Waals surface area contributed by atoms with Crippen LogP contribution in [0.25, 0.3) is 0 Å². The van der Waals surface area contributed by atoms with E-state index in [1.54, 1.807) is 6.08 Å². The Balaban J connectivity index is 2.62. The van der Waals surface area contributed by atoms with E-state index in [0.717, 1.165) is 12.8 Å². The molecule has 0 aromatic rings. The highest BCUT2D eigenvalue weighted by Gasteiger charge is 2.15. The van der Waals surface area contributed by atoms with Gasteiger partial charge in [0.15, 0.2) is 5.78 Å². The molecule has 0 heterocycles. The maximum Gasteiger partial charge on any atom is 0.158 e. The highest BCUT2D eigenvalue weighted by atomic mass is 16.1. The topological polar surface area (TPSA) is 17.1 Å². The van der Waals surface area contributed by atoms with E-state index in [9.17, 15) is 4.79 Å². The second-order valence-corrected chi connectivity index (χ2v) is 3.28. The van der Waals surface area contributed by atoms with Crippen LogP contribution in [0.4, 0.5) is 0 Å². The summed E-state index contributed by atoms with van der Waals surface area (Å²) in [4.78, 5) is 11.1. The zero-order valence-corrected chi connectivity index (χ0v) is 6.63. The Morgan fingerprint density at radius 3 is 2.90 bits per heavy atom. The van der Waals surface area contributed by atoms with Gasteiger partial charge in [-0.25, -0.2) is 0 Å². The molecule has 0 amide bonds. The lowest BCUT2D eigenvalue weighted by molar-refractivity contribution is -0.118. The van der Waals surface area contributed by atoms with E-state index in [1.165, 1.54) is 0 Å². The molecule has 0 spiro atoms. The first-order chi connectivity index (χ1) is 4.70. The molecular formula is C9H14O. The Hall–Kier alpha value is -0.590. The minimum absolute atomic E-state index is 0.244. The van der Waals surface area contributed by atoms with Crippen molar-refractivity contribution in [1.82, 2.24) is 0 Å². The van der Waals surface area contributed by atoms with E-state index in [-0.39, 0.29) is 5.92 Å². The van der Waals surface area contributed by atoms with E-state index in [2.05, 4.69) is 6.92 Å². The van der Waals surface area contributed by atoms with Crippen LogP contribution >= 0.6 is 0 Å². The maximum atomic E-state index is 11.1. The summed E-state index contributed by atoms with van der Waals surface area (Å²) in [7, 11) is 0. The van der Waals surface area contributed by atoms with Crippen LogP contribution in [-0.2, 0) is 4.79 Å². The van der Waals surface area contributed by atoms with Gasteiger partial charge in [-0.15, -0.1) is 0 Å². The summed E-state index contributed by atoms with van der Waals surface area (Å²) in [6.07, 6.45) is 5.84. The first-order valence-electron chi connectivity index (χ1n) is 3.90. The van der Waals surface area contributed by atoms with Gasteiger partial charge < -0.3 is 0 Å². The molecule has 0 saturated heterocycles. The standard InChI is InChI=1S/C9H14O/c1-7-4-3-5-9(10)8(2)6-7/h3,5,7-8H,4,6H2,1-2H3. The van der Waals surface area contributed by atoms with Gasteiger partial charge in [0.05, 0.1) is 0 Å². The number of carbonyl (C=O) groups excluding carboxylic acids is 1.